The number of anilines is 2. The van der Waals surface area contributed by atoms with Gasteiger partial charge in [0, 0.05) is 51.8 Å². The minimum Gasteiger partial charge on any atom is -0.366 e. The first-order valence-electron chi connectivity index (χ1n) is 9.16. The van der Waals surface area contributed by atoms with Gasteiger partial charge in [-0.15, -0.1) is 0 Å². The third kappa shape index (κ3) is 4.64. The molecule has 1 aliphatic heterocycles. The van der Waals surface area contributed by atoms with Crippen molar-refractivity contribution in [2.75, 3.05) is 42.5 Å². The van der Waals surface area contributed by atoms with Crippen molar-refractivity contribution < 1.29 is 14.0 Å². The number of hydrogen-bond donors (Lipinski definition) is 0. The van der Waals surface area contributed by atoms with Crippen LogP contribution in [0.1, 0.15) is 13.3 Å². The fourth-order valence-electron chi connectivity index (χ4n) is 3.35. The predicted octanol–water partition coefficient (Wildman–Crippen LogP) is 2.92. The topological polar surface area (TPSA) is 43.9 Å². The average Bonchev–Trinajstić information content (AvgIpc) is 2.69. The highest BCUT2D eigenvalue weighted by Crippen LogP contribution is 2.20. The van der Waals surface area contributed by atoms with Crippen LogP contribution in [0.25, 0.3) is 0 Å². The van der Waals surface area contributed by atoms with Crippen molar-refractivity contribution in [3.8, 4) is 0 Å². The van der Waals surface area contributed by atoms with E-state index in [2.05, 4.69) is 0 Å². The van der Waals surface area contributed by atoms with E-state index < -0.39 is 0 Å². The molecule has 142 valence electrons. The summed E-state index contributed by atoms with van der Waals surface area (Å²) in [4.78, 5) is 29.9. The van der Waals surface area contributed by atoms with Gasteiger partial charge < -0.3 is 14.7 Å². The van der Waals surface area contributed by atoms with Crippen LogP contribution in [0.3, 0.4) is 0 Å². The second kappa shape index (κ2) is 8.66. The lowest BCUT2D eigenvalue weighted by Crippen LogP contribution is -2.49. The highest BCUT2D eigenvalue weighted by molar-refractivity contribution is 5.92. The Labute approximate surface area is 159 Å². The van der Waals surface area contributed by atoms with Gasteiger partial charge in [0.2, 0.25) is 11.8 Å². The maximum atomic E-state index is 13.9. The molecule has 2 aromatic rings. The quantitative estimate of drug-likeness (QED) is 0.814. The predicted molar refractivity (Wildman–Crippen MR) is 104 cm³/mol. The first-order chi connectivity index (χ1) is 13.1. The Morgan fingerprint density at radius 2 is 1.59 bits per heavy atom. The van der Waals surface area contributed by atoms with Crippen LogP contribution in [0.4, 0.5) is 15.8 Å². The lowest BCUT2D eigenvalue weighted by atomic mass is 10.2. The van der Waals surface area contributed by atoms with Gasteiger partial charge in [-0.2, -0.15) is 0 Å². The normalized spacial score (nSPS) is 14.1. The fraction of sp³-hybridized carbons (Fsp3) is 0.333. The summed E-state index contributed by atoms with van der Waals surface area (Å²) in [5.41, 5.74) is 1.37. The Balaban J connectivity index is 1.53. The standard InChI is InChI=1S/C21H24FN3O2/c1-17(26)25(18-7-3-2-4-8-18)12-11-21(27)24-15-13-23(14-16-24)20-10-6-5-9-19(20)22/h2-10H,11-16H2,1H3. The van der Waals surface area contributed by atoms with Crippen LogP contribution in [0.2, 0.25) is 0 Å². The minimum atomic E-state index is -0.239. The van der Waals surface area contributed by atoms with Gasteiger partial charge in [0.15, 0.2) is 0 Å². The Kier molecular flexibility index (Phi) is 6.06. The molecule has 1 saturated heterocycles. The Morgan fingerprint density at radius 3 is 2.22 bits per heavy atom. The van der Waals surface area contributed by atoms with Gasteiger partial charge >= 0.3 is 0 Å². The number of benzene rings is 2. The average molecular weight is 369 g/mol. The first-order valence-corrected chi connectivity index (χ1v) is 9.16. The van der Waals surface area contributed by atoms with Gasteiger partial charge in [0.1, 0.15) is 5.82 Å². The molecule has 1 heterocycles. The molecule has 0 atom stereocenters. The monoisotopic (exact) mass is 369 g/mol. The Hall–Kier alpha value is -2.89. The van der Waals surface area contributed by atoms with Crippen molar-refractivity contribution >= 4 is 23.2 Å². The molecule has 0 aromatic heterocycles. The highest BCUT2D eigenvalue weighted by Gasteiger charge is 2.23. The van der Waals surface area contributed by atoms with Crippen LogP contribution < -0.4 is 9.80 Å². The molecule has 2 amide bonds. The van der Waals surface area contributed by atoms with Crippen LogP contribution in [0.5, 0.6) is 0 Å². The number of hydrogen-bond acceptors (Lipinski definition) is 3. The molecular weight excluding hydrogens is 345 g/mol. The molecule has 3 rings (SSSR count). The van der Waals surface area contributed by atoms with Crippen LogP contribution in [0, 0.1) is 5.82 Å². The van der Waals surface area contributed by atoms with Gasteiger partial charge in [-0.1, -0.05) is 30.3 Å². The molecule has 0 N–H and O–H groups in total. The third-order valence-electron chi connectivity index (χ3n) is 4.82. The molecule has 2 aromatic carbocycles. The number of para-hydroxylation sites is 2. The molecule has 5 nitrogen and oxygen atoms in total. The summed E-state index contributed by atoms with van der Waals surface area (Å²) >= 11 is 0. The smallest absolute Gasteiger partial charge is 0.224 e. The molecule has 1 aliphatic rings. The molecule has 0 saturated carbocycles. The third-order valence-corrected chi connectivity index (χ3v) is 4.82. The van der Waals surface area contributed by atoms with Gasteiger partial charge in [-0.25, -0.2) is 4.39 Å². The van der Waals surface area contributed by atoms with Crippen molar-refractivity contribution in [1.82, 2.24) is 4.90 Å². The summed E-state index contributed by atoms with van der Waals surface area (Å²) < 4.78 is 13.9. The number of carbonyl (C=O) groups is 2. The molecule has 1 fully saturated rings. The minimum absolute atomic E-state index is 0.0189. The molecule has 6 heteroatoms. The summed E-state index contributed by atoms with van der Waals surface area (Å²) in [5.74, 6) is -0.305. The Morgan fingerprint density at radius 1 is 0.963 bits per heavy atom. The van der Waals surface area contributed by atoms with E-state index in [0.717, 1.165) is 5.69 Å². The van der Waals surface area contributed by atoms with Gasteiger partial charge in [-0.05, 0) is 24.3 Å². The van der Waals surface area contributed by atoms with Crippen molar-refractivity contribution in [1.29, 1.82) is 0 Å². The van der Waals surface area contributed by atoms with E-state index in [1.807, 2.05) is 41.3 Å². The maximum absolute atomic E-state index is 13.9. The second-order valence-electron chi connectivity index (χ2n) is 6.58. The van der Waals surface area contributed by atoms with Gasteiger partial charge in [0.25, 0.3) is 0 Å². The number of rotatable bonds is 5. The molecule has 0 spiro atoms. The van der Waals surface area contributed by atoms with E-state index in [9.17, 15) is 14.0 Å². The second-order valence-corrected chi connectivity index (χ2v) is 6.58. The summed E-state index contributed by atoms with van der Waals surface area (Å²) in [5, 5.41) is 0. The molecule has 0 bridgehead atoms. The first kappa shape index (κ1) is 18.9. The number of amides is 2. The molecular formula is C21H24FN3O2. The number of halogens is 1. The van der Waals surface area contributed by atoms with Crippen LogP contribution >= 0.6 is 0 Å². The van der Waals surface area contributed by atoms with E-state index in [1.54, 1.807) is 21.9 Å². The van der Waals surface area contributed by atoms with E-state index in [0.29, 0.717) is 38.4 Å². The van der Waals surface area contributed by atoms with Gasteiger partial charge in [0.05, 0.1) is 5.69 Å². The highest BCUT2D eigenvalue weighted by atomic mass is 19.1. The fourth-order valence-corrected chi connectivity index (χ4v) is 3.35. The number of carbonyl (C=O) groups excluding carboxylic acids is 2. The van der Waals surface area contributed by atoms with E-state index in [4.69, 9.17) is 0 Å². The van der Waals surface area contributed by atoms with Crippen LogP contribution in [-0.2, 0) is 9.59 Å². The molecule has 0 unspecified atom stereocenters. The zero-order valence-electron chi connectivity index (χ0n) is 15.5. The lowest BCUT2D eigenvalue weighted by Gasteiger charge is -2.36. The molecule has 0 radical (unpaired) electrons. The summed E-state index contributed by atoms with van der Waals surface area (Å²) in [7, 11) is 0. The molecule has 27 heavy (non-hydrogen) atoms. The maximum Gasteiger partial charge on any atom is 0.224 e. The zero-order valence-corrected chi connectivity index (χ0v) is 15.5. The summed E-state index contributed by atoms with van der Waals surface area (Å²) in [6, 6.07) is 16.1. The van der Waals surface area contributed by atoms with Crippen molar-refractivity contribution in [2.45, 2.75) is 13.3 Å². The lowest BCUT2D eigenvalue weighted by molar-refractivity contribution is -0.131. The van der Waals surface area contributed by atoms with Gasteiger partial charge in [-0.3, -0.25) is 9.59 Å². The largest absolute Gasteiger partial charge is 0.366 e. The van der Waals surface area contributed by atoms with E-state index >= 15 is 0 Å². The SMILES string of the molecule is CC(=O)N(CCC(=O)N1CCN(c2ccccc2F)CC1)c1ccccc1. The van der Waals surface area contributed by atoms with Crippen molar-refractivity contribution in [3.05, 3.63) is 60.4 Å². The van der Waals surface area contributed by atoms with Crippen LogP contribution in [0.15, 0.2) is 54.6 Å². The van der Waals surface area contributed by atoms with E-state index in [1.165, 1.54) is 13.0 Å². The number of piperazine rings is 1. The summed E-state index contributed by atoms with van der Waals surface area (Å²) in [6.07, 6.45) is 0.272. The van der Waals surface area contributed by atoms with E-state index in [-0.39, 0.29) is 24.1 Å². The zero-order chi connectivity index (χ0) is 19.2. The van der Waals surface area contributed by atoms with Crippen molar-refractivity contribution in [2.24, 2.45) is 0 Å². The molecule has 0 aliphatic carbocycles. The summed E-state index contributed by atoms with van der Waals surface area (Å²) in [6.45, 7) is 4.16. The number of nitrogens with zero attached hydrogens (tertiary/aromatic N) is 3. The Bertz CT molecular complexity index is 789. The van der Waals surface area contributed by atoms with Crippen molar-refractivity contribution in [3.63, 3.8) is 0 Å². The van der Waals surface area contributed by atoms with Crippen LogP contribution in [-0.4, -0.2) is 49.4 Å².